The number of para-hydroxylation sites is 1. The van der Waals surface area contributed by atoms with Gasteiger partial charge in [0.15, 0.2) is 0 Å². The monoisotopic (exact) mass is 325 g/mol. The third-order valence-electron chi connectivity index (χ3n) is 5.24. The number of hydrogen-bond acceptors (Lipinski definition) is 5. The van der Waals surface area contributed by atoms with Crippen LogP contribution in [0.25, 0.3) is 10.9 Å². The van der Waals surface area contributed by atoms with E-state index in [0.29, 0.717) is 30.7 Å². The molecule has 24 heavy (non-hydrogen) atoms. The first-order valence-corrected chi connectivity index (χ1v) is 8.72. The van der Waals surface area contributed by atoms with Crippen LogP contribution in [0.4, 0.5) is 5.82 Å². The molecule has 3 N–H and O–H groups in total. The molecule has 4 rings (SSSR count). The lowest BCUT2D eigenvalue weighted by Crippen LogP contribution is -2.44. The molecule has 1 aromatic heterocycles. The van der Waals surface area contributed by atoms with Crippen LogP contribution in [0.2, 0.25) is 0 Å². The van der Waals surface area contributed by atoms with Crippen molar-refractivity contribution in [1.29, 1.82) is 0 Å². The number of hydrogen-bond donors (Lipinski definition) is 2. The Hall–Kier alpha value is -2.21. The second kappa shape index (κ2) is 6.36. The van der Waals surface area contributed by atoms with E-state index in [4.69, 9.17) is 10.7 Å². The summed E-state index contributed by atoms with van der Waals surface area (Å²) in [4.78, 5) is 23.2. The number of nitrogens with two attached hydrogens (primary N) is 1. The quantitative estimate of drug-likeness (QED) is 0.897. The second-order valence-electron chi connectivity index (χ2n) is 6.84. The number of aromatic nitrogens is 2. The highest BCUT2D eigenvalue weighted by atomic mass is 16.1. The van der Waals surface area contributed by atoms with Gasteiger partial charge in [-0.2, -0.15) is 0 Å². The maximum absolute atomic E-state index is 11.6. The molecule has 2 aliphatic rings. The van der Waals surface area contributed by atoms with Crippen molar-refractivity contribution in [1.82, 2.24) is 20.2 Å². The lowest BCUT2D eigenvalue weighted by atomic mass is 9.89. The number of benzene rings is 1. The summed E-state index contributed by atoms with van der Waals surface area (Å²) >= 11 is 0. The van der Waals surface area contributed by atoms with Gasteiger partial charge in [0.2, 0.25) is 5.91 Å². The molecule has 2 saturated heterocycles. The Balaban J connectivity index is 1.57. The summed E-state index contributed by atoms with van der Waals surface area (Å²) in [5.41, 5.74) is 7.01. The van der Waals surface area contributed by atoms with Gasteiger partial charge in [0.05, 0.1) is 12.1 Å². The third-order valence-corrected chi connectivity index (χ3v) is 5.24. The third kappa shape index (κ3) is 2.94. The van der Waals surface area contributed by atoms with Crippen LogP contribution in [0.3, 0.4) is 0 Å². The molecule has 0 unspecified atom stereocenters. The van der Waals surface area contributed by atoms with E-state index in [2.05, 4.69) is 15.2 Å². The zero-order chi connectivity index (χ0) is 16.5. The van der Waals surface area contributed by atoms with E-state index >= 15 is 0 Å². The minimum absolute atomic E-state index is 0.178. The first-order chi connectivity index (χ1) is 11.7. The maximum Gasteiger partial charge on any atom is 0.220 e. The Morgan fingerprint density at radius 3 is 2.96 bits per heavy atom. The number of nitrogens with zero attached hydrogens (tertiary/aromatic N) is 3. The molecule has 2 aliphatic heterocycles. The first-order valence-electron chi connectivity index (χ1n) is 8.72. The number of piperidine rings is 1. The van der Waals surface area contributed by atoms with Crippen molar-refractivity contribution in [2.24, 2.45) is 5.92 Å². The summed E-state index contributed by atoms with van der Waals surface area (Å²) in [6.45, 7) is 2.52. The van der Waals surface area contributed by atoms with E-state index in [1.54, 1.807) is 0 Å². The van der Waals surface area contributed by atoms with Crippen molar-refractivity contribution in [3.8, 4) is 0 Å². The highest BCUT2D eigenvalue weighted by molar-refractivity contribution is 5.87. The molecule has 0 aliphatic carbocycles. The number of nitrogens with one attached hydrogen (secondary N) is 1. The lowest BCUT2D eigenvalue weighted by Gasteiger charge is -2.38. The van der Waals surface area contributed by atoms with E-state index in [-0.39, 0.29) is 5.91 Å². The van der Waals surface area contributed by atoms with Crippen LogP contribution < -0.4 is 11.1 Å². The summed E-state index contributed by atoms with van der Waals surface area (Å²) in [5, 5.41) is 3.87. The van der Waals surface area contributed by atoms with Crippen LogP contribution in [0.5, 0.6) is 0 Å². The number of carbonyl (C=O) groups excluding carboxylic acids is 1. The Kier molecular flexibility index (Phi) is 4.06. The van der Waals surface area contributed by atoms with Crippen molar-refractivity contribution < 1.29 is 4.79 Å². The first kappa shape index (κ1) is 15.3. The smallest absolute Gasteiger partial charge is 0.220 e. The molecule has 0 saturated carbocycles. The number of carbonyl (C=O) groups is 1. The minimum Gasteiger partial charge on any atom is -0.383 e. The van der Waals surface area contributed by atoms with Crippen molar-refractivity contribution in [3.63, 3.8) is 0 Å². The second-order valence-corrected chi connectivity index (χ2v) is 6.84. The van der Waals surface area contributed by atoms with Gasteiger partial charge in [-0.15, -0.1) is 0 Å². The van der Waals surface area contributed by atoms with E-state index in [9.17, 15) is 4.79 Å². The van der Waals surface area contributed by atoms with Gasteiger partial charge in [-0.05, 0) is 31.5 Å². The number of amides is 1. The molecule has 0 spiro atoms. The maximum atomic E-state index is 11.6. The van der Waals surface area contributed by atoms with Gasteiger partial charge >= 0.3 is 0 Å². The van der Waals surface area contributed by atoms with E-state index in [1.807, 2.05) is 24.3 Å². The zero-order valence-electron chi connectivity index (χ0n) is 13.7. The average molecular weight is 325 g/mol. The summed E-state index contributed by atoms with van der Waals surface area (Å²) in [6.07, 6.45) is 4.20. The fourth-order valence-electron chi connectivity index (χ4n) is 4.05. The predicted octanol–water partition coefficient (Wildman–Crippen LogP) is 1.70. The molecular formula is C18H23N5O. The molecular weight excluding hydrogens is 302 g/mol. The standard InChI is InChI=1S/C18H23N5O/c19-18-13-5-1-2-6-14(13)21-16(22-18)11-23-8-4-3-7-15(23)12-9-17(24)20-10-12/h1-2,5-6,12,15H,3-4,7-11H2,(H,20,24)(H2,19,21,22)/t12-,15+/m0/s1. The van der Waals surface area contributed by atoms with Gasteiger partial charge in [-0.3, -0.25) is 9.69 Å². The van der Waals surface area contributed by atoms with Gasteiger partial charge < -0.3 is 11.1 Å². The highest BCUT2D eigenvalue weighted by Crippen LogP contribution is 2.29. The van der Waals surface area contributed by atoms with Crippen LogP contribution in [0.15, 0.2) is 24.3 Å². The Bertz CT molecular complexity index is 762. The summed E-state index contributed by atoms with van der Waals surface area (Å²) in [5.74, 6) is 1.89. The van der Waals surface area contributed by atoms with Crippen LogP contribution >= 0.6 is 0 Å². The molecule has 6 heteroatoms. The zero-order valence-corrected chi connectivity index (χ0v) is 13.7. The van der Waals surface area contributed by atoms with Gasteiger partial charge in [-0.25, -0.2) is 9.97 Å². The Morgan fingerprint density at radius 2 is 2.12 bits per heavy atom. The predicted molar refractivity (Wildman–Crippen MR) is 93.1 cm³/mol. The molecule has 126 valence electrons. The van der Waals surface area contributed by atoms with Crippen molar-refractivity contribution in [2.45, 2.75) is 38.3 Å². The van der Waals surface area contributed by atoms with E-state index in [0.717, 1.165) is 36.2 Å². The van der Waals surface area contributed by atoms with Crippen molar-refractivity contribution in [2.75, 3.05) is 18.8 Å². The summed E-state index contributed by atoms with van der Waals surface area (Å²) < 4.78 is 0. The SMILES string of the molecule is Nc1nc(CN2CCCC[C@@H]2[C@@H]2CNC(=O)C2)nc2ccccc12. The minimum atomic E-state index is 0.178. The summed E-state index contributed by atoms with van der Waals surface area (Å²) in [6, 6.07) is 8.27. The molecule has 2 atom stereocenters. The van der Waals surface area contributed by atoms with Crippen LogP contribution in [0, 0.1) is 5.92 Å². The van der Waals surface area contributed by atoms with Gasteiger partial charge in [0, 0.05) is 30.3 Å². The van der Waals surface area contributed by atoms with E-state index in [1.165, 1.54) is 12.8 Å². The Morgan fingerprint density at radius 1 is 1.25 bits per heavy atom. The number of anilines is 1. The molecule has 2 aromatic rings. The Labute approximate surface area is 141 Å². The normalized spacial score (nSPS) is 25.1. The van der Waals surface area contributed by atoms with Gasteiger partial charge in [-0.1, -0.05) is 18.6 Å². The fourth-order valence-corrected chi connectivity index (χ4v) is 4.05. The lowest BCUT2D eigenvalue weighted by molar-refractivity contribution is -0.119. The average Bonchev–Trinajstić information content (AvgIpc) is 3.02. The number of nitrogen functional groups attached to an aromatic ring is 1. The van der Waals surface area contributed by atoms with E-state index < -0.39 is 0 Å². The van der Waals surface area contributed by atoms with Gasteiger partial charge in [0.1, 0.15) is 11.6 Å². The number of likely N-dealkylation sites (tertiary alicyclic amines) is 1. The van der Waals surface area contributed by atoms with Crippen LogP contribution in [-0.2, 0) is 11.3 Å². The molecule has 0 radical (unpaired) electrons. The van der Waals surface area contributed by atoms with Crippen molar-refractivity contribution in [3.05, 3.63) is 30.1 Å². The molecule has 1 amide bonds. The topological polar surface area (TPSA) is 84.1 Å². The number of fused-ring (bicyclic) bond motifs is 1. The largest absolute Gasteiger partial charge is 0.383 e. The van der Waals surface area contributed by atoms with Gasteiger partial charge in [0.25, 0.3) is 0 Å². The molecule has 3 heterocycles. The highest BCUT2D eigenvalue weighted by Gasteiger charge is 2.34. The molecule has 0 bridgehead atoms. The number of rotatable bonds is 3. The fraction of sp³-hybridized carbons (Fsp3) is 0.500. The molecule has 2 fully saturated rings. The summed E-state index contributed by atoms with van der Waals surface area (Å²) in [7, 11) is 0. The molecule has 1 aromatic carbocycles. The van der Waals surface area contributed by atoms with Crippen LogP contribution in [-0.4, -0.2) is 39.9 Å². The van der Waals surface area contributed by atoms with Crippen molar-refractivity contribution >= 4 is 22.6 Å². The van der Waals surface area contributed by atoms with Crippen LogP contribution in [0.1, 0.15) is 31.5 Å². The molecule has 6 nitrogen and oxygen atoms in total.